The van der Waals surface area contributed by atoms with Crippen LogP contribution in [0.15, 0.2) is 11.6 Å². The fraction of sp³-hybridized carbons (Fsp3) is 0.333. The van der Waals surface area contributed by atoms with E-state index < -0.39 is 36.8 Å². The zero-order valence-electron chi connectivity index (χ0n) is 8.55. The highest BCUT2D eigenvalue weighted by molar-refractivity contribution is 7.11. The highest BCUT2D eigenvalue weighted by atomic mass is 32.1. The molecule has 0 saturated carbocycles. The van der Waals surface area contributed by atoms with E-state index in [9.17, 15) is 18.8 Å². The summed E-state index contributed by atoms with van der Waals surface area (Å²) in [5.41, 5.74) is 0. The molecule has 0 spiro atoms. The number of nitrogens with zero attached hydrogens (tertiary/aromatic N) is 1. The number of hydrogen-bond acceptors (Lipinski definition) is 5. The van der Waals surface area contributed by atoms with Crippen molar-refractivity contribution in [3.8, 4) is 0 Å². The number of rotatable bonds is 6. The minimum absolute atomic E-state index is 0.0899. The molecule has 1 atom stereocenters. The number of thiazole rings is 1. The van der Waals surface area contributed by atoms with Gasteiger partial charge in [0.25, 0.3) is 5.91 Å². The van der Waals surface area contributed by atoms with Crippen molar-refractivity contribution in [3.05, 3.63) is 16.6 Å². The summed E-state index contributed by atoms with van der Waals surface area (Å²) in [6.45, 7) is -1.32. The maximum atomic E-state index is 12.2. The molecular formula is C9H9FN2O4S. The van der Waals surface area contributed by atoms with E-state index in [0.29, 0.717) is 0 Å². The second-order valence-electron chi connectivity index (χ2n) is 3.06. The lowest BCUT2D eigenvalue weighted by Crippen LogP contribution is -2.43. The van der Waals surface area contributed by atoms with Crippen LogP contribution >= 0.6 is 11.3 Å². The van der Waals surface area contributed by atoms with Crippen LogP contribution in [0.3, 0.4) is 0 Å². The Morgan fingerprint density at radius 1 is 1.53 bits per heavy atom. The van der Waals surface area contributed by atoms with E-state index >= 15 is 0 Å². The summed E-state index contributed by atoms with van der Waals surface area (Å²) >= 11 is 1.04. The van der Waals surface area contributed by atoms with Crippen LogP contribution in [-0.2, 0) is 9.59 Å². The monoisotopic (exact) mass is 260 g/mol. The molecule has 0 radical (unpaired) electrons. The molecule has 0 saturated heterocycles. The Balaban J connectivity index is 2.69. The summed E-state index contributed by atoms with van der Waals surface area (Å²) in [5, 5.41) is 12.3. The van der Waals surface area contributed by atoms with Crippen molar-refractivity contribution >= 4 is 29.0 Å². The maximum Gasteiger partial charge on any atom is 0.305 e. The molecule has 1 amide bonds. The first kappa shape index (κ1) is 13.2. The molecule has 8 heteroatoms. The van der Waals surface area contributed by atoms with E-state index in [1.165, 1.54) is 6.20 Å². The largest absolute Gasteiger partial charge is 0.481 e. The van der Waals surface area contributed by atoms with E-state index in [0.717, 1.165) is 11.3 Å². The predicted octanol–water partition coefficient (Wildman–Crippen LogP) is 0.255. The molecule has 0 aliphatic carbocycles. The van der Waals surface area contributed by atoms with Crippen LogP contribution in [0, 0.1) is 0 Å². The number of carbonyl (C=O) groups excluding carboxylic acids is 2. The summed E-state index contributed by atoms with van der Waals surface area (Å²) < 4.78 is 12.2. The molecule has 0 aromatic carbocycles. The number of Topliss-reactive ketones (excluding diaryl/α,β-unsaturated/α-hetero) is 1. The van der Waals surface area contributed by atoms with Crippen molar-refractivity contribution in [2.75, 3.05) is 6.67 Å². The molecule has 2 N–H and O–H groups in total. The fourth-order valence-electron chi connectivity index (χ4n) is 1.07. The zero-order valence-corrected chi connectivity index (χ0v) is 9.37. The Labute approximate surface area is 99.5 Å². The minimum atomic E-state index is -1.37. The number of carboxylic acid groups (broad SMARTS) is 1. The molecule has 1 aromatic heterocycles. The van der Waals surface area contributed by atoms with E-state index in [4.69, 9.17) is 5.11 Å². The molecule has 1 rings (SSSR count). The van der Waals surface area contributed by atoms with Gasteiger partial charge in [0.05, 0.1) is 6.42 Å². The summed E-state index contributed by atoms with van der Waals surface area (Å²) in [6.07, 6.45) is 0.739. The number of alkyl halides is 1. The second kappa shape index (κ2) is 6.04. The third-order valence-electron chi connectivity index (χ3n) is 1.83. The van der Waals surface area contributed by atoms with Crippen LogP contribution < -0.4 is 5.32 Å². The number of amides is 1. The van der Waals surface area contributed by atoms with Crippen LogP contribution in [-0.4, -0.2) is 40.5 Å². The van der Waals surface area contributed by atoms with Crippen LogP contribution in [0.5, 0.6) is 0 Å². The smallest absolute Gasteiger partial charge is 0.305 e. The van der Waals surface area contributed by atoms with Gasteiger partial charge in [-0.05, 0) is 0 Å². The van der Waals surface area contributed by atoms with Crippen molar-refractivity contribution in [2.24, 2.45) is 0 Å². The fourth-order valence-corrected chi connectivity index (χ4v) is 1.61. The van der Waals surface area contributed by atoms with Gasteiger partial charge in [-0.2, -0.15) is 0 Å². The molecule has 92 valence electrons. The second-order valence-corrected chi connectivity index (χ2v) is 3.96. The Morgan fingerprint density at radius 3 is 2.71 bits per heavy atom. The molecule has 0 bridgehead atoms. The highest BCUT2D eigenvalue weighted by Gasteiger charge is 2.24. The highest BCUT2D eigenvalue weighted by Crippen LogP contribution is 2.05. The molecule has 1 heterocycles. The molecule has 0 aliphatic rings. The molecule has 1 unspecified atom stereocenters. The molecule has 0 fully saturated rings. The first-order valence-corrected chi connectivity index (χ1v) is 5.43. The summed E-state index contributed by atoms with van der Waals surface area (Å²) in [6, 6.07) is -1.37. The quantitative estimate of drug-likeness (QED) is 0.764. The van der Waals surface area contributed by atoms with E-state index in [-0.39, 0.29) is 5.01 Å². The number of carbonyl (C=O) groups is 3. The molecule has 6 nitrogen and oxygen atoms in total. The third kappa shape index (κ3) is 3.91. The number of nitrogens with one attached hydrogen (secondary N) is 1. The van der Waals surface area contributed by atoms with Gasteiger partial charge in [-0.15, -0.1) is 11.3 Å². The number of hydrogen-bond donors (Lipinski definition) is 2. The normalized spacial score (nSPS) is 11.8. The van der Waals surface area contributed by atoms with Gasteiger partial charge in [0.15, 0.2) is 10.8 Å². The van der Waals surface area contributed by atoms with Gasteiger partial charge in [0.2, 0.25) is 0 Å². The average Bonchev–Trinajstić information content (AvgIpc) is 2.79. The van der Waals surface area contributed by atoms with Gasteiger partial charge >= 0.3 is 5.97 Å². The van der Waals surface area contributed by atoms with Gasteiger partial charge in [-0.25, -0.2) is 9.37 Å². The van der Waals surface area contributed by atoms with E-state index in [2.05, 4.69) is 10.3 Å². The SMILES string of the molecule is O=C(O)CC(NC(=O)c1nccs1)C(=O)CF. The lowest BCUT2D eigenvalue weighted by atomic mass is 10.1. The lowest BCUT2D eigenvalue weighted by Gasteiger charge is -2.12. The van der Waals surface area contributed by atoms with E-state index in [1.54, 1.807) is 5.38 Å². The topological polar surface area (TPSA) is 96.4 Å². The molecule has 1 aromatic rings. The van der Waals surface area contributed by atoms with Gasteiger partial charge in [-0.3, -0.25) is 14.4 Å². The number of aromatic nitrogens is 1. The van der Waals surface area contributed by atoms with Crippen molar-refractivity contribution in [3.63, 3.8) is 0 Å². The van der Waals surface area contributed by atoms with Crippen molar-refractivity contribution in [2.45, 2.75) is 12.5 Å². The molecule has 0 aliphatic heterocycles. The zero-order chi connectivity index (χ0) is 12.8. The Morgan fingerprint density at radius 2 is 2.24 bits per heavy atom. The van der Waals surface area contributed by atoms with Gasteiger partial charge in [-0.1, -0.05) is 0 Å². The number of aliphatic carboxylic acids is 1. The third-order valence-corrected chi connectivity index (χ3v) is 2.60. The van der Waals surface area contributed by atoms with Crippen LogP contribution in [0.25, 0.3) is 0 Å². The van der Waals surface area contributed by atoms with Crippen molar-refractivity contribution in [1.82, 2.24) is 10.3 Å². The Hall–Kier alpha value is -1.83. The van der Waals surface area contributed by atoms with Gasteiger partial charge in [0.1, 0.15) is 12.7 Å². The summed E-state index contributed by atoms with van der Waals surface area (Å²) in [5.74, 6) is -2.96. The Kier molecular flexibility index (Phi) is 4.70. The van der Waals surface area contributed by atoms with Crippen molar-refractivity contribution < 1.29 is 23.9 Å². The summed E-state index contributed by atoms with van der Waals surface area (Å²) in [7, 11) is 0. The Bertz CT molecular complexity index is 421. The number of halogens is 1. The number of carboxylic acids is 1. The van der Waals surface area contributed by atoms with Crippen LogP contribution in [0.2, 0.25) is 0 Å². The average molecular weight is 260 g/mol. The maximum absolute atomic E-state index is 12.2. The van der Waals surface area contributed by atoms with Gasteiger partial charge < -0.3 is 10.4 Å². The predicted molar refractivity (Wildman–Crippen MR) is 56.6 cm³/mol. The number of ketones is 1. The van der Waals surface area contributed by atoms with Crippen LogP contribution in [0.4, 0.5) is 4.39 Å². The first-order chi connectivity index (χ1) is 8.04. The van der Waals surface area contributed by atoms with Crippen LogP contribution in [0.1, 0.15) is 16.2 Å². The van der Waals surface area contributed by atoms with Crippen molar-refractivity contribution in [1.29, 1.82) is 0 Å². The standard InChI is InChI=1S/C9H9FN2O4S/c10-4-6(13)5(3-7(14)15)12-8(16)9-11-1-2-17-9/h1-2,5H,3-4H2,(H,12,16)(H,14,15). The van der Waals surface area contributed by atoms with Gasteiger partial charge in [0, 0.05) is 11.6 Å². The molecule has 17 heavy (non-hydrogen) atoms. The van der Waals surface area contributed by atoms with E-state index in [1.807, 2.05) is 0 Å². The minimum Gasteiger partial charge on any atom is -0.481 e. The first-order valence-electron chi connectivity index (χ1n) is 4.55. The summed E-state index contributed by atoms with van der Waals surface area (Å²) in [4.78, 5) is 36.7. The lowest BCUT2D eigenvalue weighted by molar-refractivity contribution is -0.139. The molecular weight excluding hydrogens is 251 g/mol.